The van der Waals surface area contributed by atoms with Crippen LogP contribution in [0.3, 0.4) is 0 Å². The maximum absolute atomic E-state index is 5.20. The van der Waals surface area contributed by atoms with Crippen molar-refractivity contribution in [2.75, 3.05) is 0 Å². The maximum atomic E-state index is 5.20. The summed E-state index contributed by atoms with van der Waals surface area (Å²) in [6.07, 6.45) is 0. The van der Waals surface area contributed by atoms with Crippen molar-refractivity contribution in [3.63, 3.8) is 0 Å². The van der Waals surface area contributed by atoms with E-state index in [-0.39, 0.29) is 0 Å². The first-order chi connectivity index (χ1) is 24.3. The molecular weight excluding hydrogens is 597 g/mol. The lowest BCUT2D eigenvalue weighted by molar-refractivity contribution is 1.09. The van der Waals surface area contributed by atoms with Crippen LogP contribution in [0.4, 0.5) is 0 Å². The third-order valence-corrected chi connectivity index (χ3v) is 10.2. The van der Waals surface area contributed by atoms with Crippen LogP contribution in [-0.4, -0.2) is 18.5 Å². The van der Waals surface area contributed by atoms with E-state index < -0.39 is 0 Å². The van der Waals surface area contributed by atoms with Gasteiger partial charge in [-0.3, -0.25) is 13.5 Å². The summed E-state index contributed by atoms with van der Waals surface area (Å²) in [5.74, 6) is 0.904. The highest BCUT2D eigenvalue weighted by molar-refractivity contribution is 6.25. The molecule has 0 unspecified atom stereocenters. The molecule has 11 aromatic rings. The molecule has 11 rings (SSSR count). The van der Waals surface area contributed by atoms with E-state index in [0.29, 0.717) is 0 Å². The molecule has 0 aliphatic heterocycles. The Kier molecular flexibility index (Phi) is 5.35. The third kappa shape index (κ3) is 3.66. The number of hydrogen-bond acceptors (Lipinski definition) is 1. The van der Waals surface area contributed by atoms with E-state index in [0.717, 1.165) is 44.9 Å². The highest BCUT2D eigenvalue weighted by Crippen LogP contribution is 2.40. The number of hydrogen-bond donors (Lipinski definition) is 0. The quantitative estimate of drug-likeness (QED) is 0.180. The average molecular weight is 625 g/mol. The molecule has 0 fully saturated rings. The summed E-state index contributed by atoms with van der Waals surface area (Å²) in [6, 6.07) is 61.2. The van der Waals surface area contributed by atoms with Gasteiger partial charge in [0.25, 0.3) is 0 Å². The molecule has 0 aliphatic rings. The molecule has 8 aromatic carbocycles. The van der Waals surface area contributed by atoms with Crippen LogP contribution in [0.15, 0.2) is 170 Å². The maximum Gasteiger partial charge on any atom is 0.221 e. The molecule has 0 amide bonds. The van der Waals surface area contributed by atoms with Gasteiger partial charge in [-0.05, 0) is 92.0 Å². The first-order valence-electron chi connectivity index (χ1n) is 16.7. The SMILES string of the molecule is c1ccc(-n2c3c4ccccc4n(-c4cccc(-c5ccc6c7ccccc7c7ccccc7c6c5)c4)c3n3c4ccccc4nc23)cc1. The summed E-state index contributed by atoms with van der Waals surface area (Å²) in [5, 5.41) is 8.90. The summed E-state index contributed by atoms with van der Waals surface area (Å²) in [7, 11) is 0. The molecule has 3 heterocycles. The molecule has 0 spiro atoms. The van der Waals surface area contributed by atoms with Gasteiger partial charge in [0.2, 0.25) is 5.78 Å². The zero-order valence-corrected chi connectivity index (χ0v) is 26.5. The number of para-hydroxylation sites is 4. The Hall–Kier alpha value is -6.65. The van der Waals surface area contributed by atoms with Crippen LogP contribution in [-0.2, 0) is 0 Å². The Balaban J connectivity index is 1.21. The van der Waals surface area contributed by atoms with E-state index in [1.807, 2.05) is 0 Å². The number of fused-ring (bicyclic) bond motifs is 13. The van der Waals surface area contributed by atoms with Crippen molar-refractivity contribution >= 4 is 71.2 Å². The van der Waals surface area contributed by atoms with Crippen molar-refractivity contribution in [3.8, 4) is 22.5 Å². The number of aromatic nitrogens is 4. The van der Waals surface area contributed by atoms with Crippen LogP contribution in [0.5, 0.6) is 0 Å². The Morgan fingerprint density at radius 3 is 1.69 bits per heavy atom. The fourth-order valence-electron chi connectivity index (χ4n) is 8.10. The normalized spacial score (nSPS) is 12.1. The van der Waals surface area contributed by atoms with Crippen molar-refractivity contribution in [2.24, 2.45) is 0 Å². The zero-order valence-electron chi connectivity index (χ0n) is 26.5. The molecule has 0 radical (unpaired) electrons. The van der Waals surface area contributed by atoms with Gasteiger partial charge in [-0.1, -0.05) is 121 Å². The first-order valence-corrected chi connectivity index (χ1v) is 16.7. The van der Waals surface area contributed by atoms with Gasteiger partial charge in [-0.15, -0.1) is 0 Å². The molecule has 4 heteroatoms. The molecule has 0 saturated heterocycles. The molecule has 49 heavy (non-hydrogen) atoms. The van der Waals surface area contributed by atoms with E-state index in [1.165, 1.54) is 48.8 Å². The van der Waals surface area contributed by atoms with Crippen LogP contribution in [0.2, 0.25) is 0 Å². The number of nitrogens with zero attached hydrogens (tertiary/aromatic N) is 4. The minimum atomic E-state index is 0.904. The molecule has 0 aliphatic carbocycles. The molecular formula is C45H28N4. The highest BCUT2D eigenvalue weighted by atomic mass is 15.3. The summed E-state index contributed by atoms with van der Waals surface area (Å²) >= 11 is 0. The first kappa shape index (κ1) is 26.4. The standard InChI is InChI=1S/C45H28N4/c1-2-14-31(15-3-1)48-43-38-21-8-10-23-41(38)47(44(43)49-42-24-11-9-22-40(42)46-45(48)49)32-16-12-13-29(27-32)30-25-26-37-35-19-5-4-17-33(35)34-18-6-7-20-36(34)39(37)28-30/h1-28H. The van der Waals surface area contributed by atoms with Gasteiger partial charge in [0.15, 0.2) is 5.65 Å². The zero-order chi connectivity index (χ0) is 32.1. The van der Waals surface area contributed by atoms with E-state index in [9.17, 15) is 0 Å². The lowest BCUT2D eigenvalue weighted by Crippen LogP contribution is -1.98. The van der Waals surface area contributed by atoms with E-state index in [4.69, 9.17) is 4.98 Å². The molecule has 0 N–H and O–H groups in total. The van der Waals surface area contributed by atoms with Crippen molar-refractivity contribution in [1.29, 1.82) is 0 Å². The van der Waals surface area contributed by atoms with E-state index in [2.05, 4.69) is 183 Å². The van der Waals surface area contributed by atoms with Crippen LogP contribution in [0.1, 0.15) is 0 Å². The molecule has 228 valence electrons. The largest absolute Gasteiger partial charge is 0.294 e. The highest BCUT2D eigenvalue weighted by Gasteiger charge is 2.25. The molecule has 3 aromatic heterocycles. The Morgan fingerprint density at radius 1 is 0.367 bits per heavy atom. The Morgan fingerprint density at radius 2 is 0.939 bits per heavy atom. The van der Waals surface area contributed by atoms with Gasteiger partial charge in [0, 0.05) is 16.8 Å². The summed E-state index contributed by atoms with van der Waals surface area (Å²) in [6.45, 7) is 0. The number of benzene rings is 8. The van der Waals surface area contributed by atoms with E-state index in [1.54, 1.807) is 0 Å². The van der Waals surface area contributed by atoms with Gasteiger partial charge < -0.3 is 0 Å². The topological polar surface area (TPSA) is 27.2 Å². The summed E-state index contributed by atoms with van der Waals surface area (Å²) < 4.78 is 7.06. The second-order valence-electron chi connectivity index (χ2n) is 12.8. The number of rotatable bonds is 3. The fourth-order valence-corrected chi connectivity index (χ4v) is 8.10. The van der Waals surface area contributed by atoms with Crippen LogP contribution < -0.4 is 0 Å². The van der Waals surface area contributed by atoms with Gasteiger partial charge >= 0.3 is 0 Å². The fraction of sp³-hybridized carbons (Fsp3) is 0. The van der Waals surface area contributed by atoms with Crippen LogP contribution in [0, 0.1) is 0 Å². The smallest absolute Gasteiger partial charge is 0.221 e. The predicted octanol–water partition coefficient (Wildman–Crippen LogP) is 11.5. The van der Waals surface area contributed by atoms with E-state index >= 15 is 0 Å². The van der Waals surface area contributed by atoms with Crippen molar-refractivity contribution < 1.29 is 0 Å². The molecule has 0 atom stereocenters. The van der Waals surface area contributed by atoms with Crippen LogP contribution in [0.25, 0.3) is 93.7 Å². The molecule has 0 saturated carbocycles. The van der Waals surface area contributed by atoms with Gasteiger partial charge in [0.1, 0.15) is 5.52 Å². The molecule has 0 bridgehead atoms. The monoisotopic (exact) mass is 624 g/mol. The second-order valence-corrected chi connectivity index (χ2v) is 12.8. The summed E-state index contributed by atoms with van der Waals surface area (Å²) in [5.41, 5.74) is 10.0. The summed E-state index contributed by atoms with van der Waals surface area (Å²) in [4.78, 5) is 5.20. The minimum absolute atomic E-state index is 0.904. The Labute approximate surface area is 281 Å². The van der Waals surface area contributed by atoms with Crippen molar-refractivity contribution in [1.82, 2.24) is 18.5 Å². The molecule has 4 nitrogen and oxygen atoms in total. The van der Waals surface area contributed by atoms with Gasteiger partial charge in [-0.2, -0.15) is 0 Å². The second kappa shape index (κ2) is 9.93. The van der Waals surface area contributed by atoms with Crippen molar-refractivity contribution in [2.45, 2.75) is 0 Å². The lowest BCUT2D eigenvalue weighted by Gasteiger charge is -2.13. The average Bonchev–Trinajstić information content (AvgIpc) is 3.81. The van der Waals surface area contributed by atoms with Gasteiger partial charge in [-0.25, -0.2) is 4.98 Å². The Bertz CT molecular complexity index is 3070. The van der Waals surface area contributed by atoms with Crippen LogP contribution >= 0.6 is 0 Å². The van der Waals surface area contributed by atoms with Crippen molar-refractivity contribution in [3.05, 3.63) is 170 Å². The van der Waals surface area contributed by atoms with Gasteiger partial charge in [0.05, 0.1) is 16.6 Å². The minimum Gasteiger partial charge on any atom is -0.294 e. The number of imidazole rings is 2. The third-order valence-electron chi connectivity index (χ3n) is 10.2. The lowest BCUT2D eigenvalue weighted by atomic mass is 9.92. The predicted molar refractivity (Wildman–Crippen MR) is 204 cm³/mol.